The average molecular weight is 358 g/mol. The molecule has 0 aliphatic carbocycles. The zero-order valence-corrected chi connectivity index (χ0v) is 13.8. The average Bonchev–Trinajstić information content (AvgIpc) is 2.44. The molecule has 1 aromatic rings. The summed E-state index contributed by atoms with van der Waals surface area (Å²) in [7, 11) is 1.59. The number of unbranched alkanes of at least 4 members (excludes halogenated alkanes) is 1. The van der Waals surface area contributed by atoms with E-state index in [1.54, 1.807) is 13.2 Å². The Balaban J connectivity index is 2.83. The highest BCUT2D eigenvalue weighted by molar-refractivity contribution is 9.10. The number of carboxylic acid groups (broad SMARTS) is 1. The fourth-order valence-corrected chi connectivity index (χ4v) is 2.46. The van der Waals surface area contributed by atoms with Gasteiger partial charge in [-0.05, 0) is 24.6 Å². The molecule has 0 fully saturated rings. The predicted octanol–water partition coefficient (Wildman–Crippen LogP) is 3.08. The van der Waals surface area contributed by atoms with E-state index in [0.717, 1.165) is 19.3 Å². The molecule has 6 heteroatoms. The lowest BCUT2D eigenvalue weighted by Gasteiger charge is -2.18. The van der Waals surface area contributed by atoms with E-state index in [-0.39, 0.29) is 17.5 Å². The van der Waals surface area contributed by atoms with Gasteiger partial charge in [0.1, 0.15) is 0 Å². The van der Waals surface area contributed by atoms with Crippen molar-refractivity contribution in [2.75, 3.05) is 13.7 Å². The van der Waals surface area contributed by atoms with Gasteiger partial charge in [-0.2, -0.15) is 0 Å². The van der Waals surface area contributed by atoms with Crippen molar-refractivity contribution in [3.05, 3.63) is 33.8 Å². The summed E-state index contributed by atoms with van der Waals surface area (Å²) < 4.78 is 5.67. The topological polar surface area (TPSA) is 75.6 Å². The minimum absolute atomic E-state index is 0.0743. The van der Waals surface area contributed by atoms with Crippen molar-refractivity contribution in [3.8, 4) is 0 Å². The molecule has 0 aliphatic rings. The highest BCUT2D eigenvalue weighted by Crippen LogP contribution is 2.16. The molecule has 0 spiro atoms. The van der Waals surface area contributed by atoms with E-state index in [1.807, 2.05) is 0 Å². The van der Waals surface area contributed by atoms with Gasteiger partial charge in [0.25, 0.3) is 5.91 Å². The Labute approximate surface area is 132 Å². The molecular formula is C15H20BrNO4. The molecule has 0 saturated carbocycles. The van der Waals surface area contributed by atoms with Gasteiger partial charge in [0.2, 0.25) is 0 Å². The van der Waals surface area contributed by atoms with Gasteiger partial charge < -0.3 is 15.2 Å². The normalized spacial score (nSPS) is 12.0. The number of rotatable bonds is 8. The van der Waals surface area contributed by atoms with Crippen molar-refractivity contribution >= 4 is 27.8 Å². The summed E-state index contributed by atoms with van der Waals surface area (Å²) in [5.74, 6) is -1.36. The Morgan fingerprint density at radius 3 is 2.57 bits per heavy atom. The van der Waals surface area contributed by atoms with Crippen LogP contribution < -0.4 is 5.32 Å². The largest absolute Gasteiger partial charge is 0.478 e. The first-order valence-corrected chi connectivity index (χ1v) is 7.61. The molecule has 1 amide bonds. The quantitative estimate of drug-likeness (QED) is 0.749. The van der Waals surface area contributed by atoms with E-state index in [4.69, 9.17) is 9.84 Å². The lowest BCUT2D eigenvalue weighted by Crippen LogP contribution is -2.38. The van der Waals surface area contributed by atoms with Crippen LogP contribution >= 0.6 is 15.9 Å². The number of methoxy groups -OCH3 is 1. The molecule has 0 saturated heterocycles. The number of carbonyl (C=O) groups excluding carboxylic acids is 1. The van der Waals surface area contributed by atoms with Gasteiger partial charge in [0.15, 0.2) is 0 Å². The Hall–Kier alpha value is -1.40. The summed E-state index contributed by atoms with van der Waals surface area (Å²) in [6.07, 6.45) is 2.86. The molecule has 116 valence electrons. The summed E-state index contributed by atoms with van der Waals surface area (Å²) in [5, 5.41) is 11.9. The molecule has 0 aliphatic heterocycles. The zero-order valence-electron chi connectivity index (χ0n) is 12.2. The molecule has 21 heavy (non-hydrogen) atoms. The van der Waals surface area contributed by atoms with Crippen molar-refractivity contribution in [1.82, 2.24) is 5.32 Å². The summed E-state index contributed by atoms with van der Waals surface area (Å²) in [5.41, 5.74) is 0.394. The van der Waals surface area contributed by atoms with Crippen molar-refractivity contribution < 1.29 is 19.4 Å². The standard InChI is InChI=1S/C15H20BrNO4/c1-3-4-5-13(9-21-2)17-14(18)10-6-11(15(19)20)8-12(16)7-10/h6-8,13H,3-5,9H2,1-2H3,(H,17,18)(H,19,20). The number of amides is 1. The van der Waals surface area contributed by atoms with Crippen LogP contribution in [0.15, 0.2) is 22.7 Å². The second-order valence-corrected chi connectivity index (χ2v) is 5.72. The Morgan fingerprint density at radius 2 is 2.00 bits per heavy atom. The molecule has 1 rings (SSSR count). The number of ether oxygens (including phenoxy) is 1. The van der Waals surface area contributed by atoms with Crippen LogP contribution in [0.5, 0.6) is 0 Å². The molecule has 0 radical (unpaired) electrons. The van der Waals surface area contributed by atoms with Gasteiger partial charge in [-0.25, -0.2) is 4.79 Å². The Kier molecular flexibility index (Phi) is 7.39. The zero-order chi connectivity index (χ0) is 15.8. The minimum Gasteiger partial charge on any atom is -0.478 e. The molecule has 1 unspecified atom stereocenters. The summed E-state index contributed by atoms with van der Waals surface area (Å²) in [6, 6.07) is 4.36. The highest BCUT2D eigenvalue weighted by atomic mass is 79.9. The van der Waals surface area contributed by atoms with Crippen LogP contribution in [0.25, 0.3) is 0 Å². The molecule has 5 nitrogen and oxygen atoms in total. The molecule has 2 N–H and O–H groups in total. The van der Waals surface area contributed by atoms with Crippen LogP contribution in [0.4, 0.5) is 0 Å². The first kappa shape index (κ1) is 17.7. The van der Waals surface area contributed by atoms with Crippen LogP contribution in [0.2, 0.25) is 0 Å². The van der Waals surface area contributed by atoms with E-state index in [2.05, 4.69) is 28.2 Å². The maximum atomic E-state index is 12.2. The van der Waals surface area contributed by atoms with Crippen LogP contribution in [0, 0.1) is 0 Å². The van der Waals surface area contributed by atoms with Gasteiger partial charge in [-0.15, -0.1) is 0 Å². The van der Waals surface area contributed by atoms with Gasteiger partial charge in [0.05, 0.1) is 18.2 Å². The number of benzene rings is 1. The maximum Gasteiger partial charge on any atom is 0.335 e. The van der Waals surface area contributed by atoms with Gasteiger partial charge in [0, 0.05) is 17.1 Å². The maximum absolute atomic E-state index is 12.2. The van der Waals surface area contributed by atoms with E-state index < -0.39 is 5.97 Å². The third kappa shape index (κ3) is 5.85. The van der Waals surface area contributed by atoms with Gasteiger partial charge in [-0.3, -0.25) is 4.79 Å². The van der Waals surface area contributed by atoms with Gasteiger partial charge in [-0.1, -0.05) is 35.7 Å². The number of carbonyl (C=O) groups is 2. The number of carboxylic acids is 1. The monoisotopic (exact) mass is 357 g/mol. The smallest absolute Gasteiger partial charge is 0.335 e. The van der Waals surface area contributed by atoms with Crippen molar-refractivity contribution in [2.24, 2.45) is 0 Å². The summed E-state index contributed by atoms with van der Waals surface area (Å²) in [4.78, 5) is 23.3. The first-order valence-electron chi connectivity index (χ1n) is 6.81. The predicted molar refractivity (Wildman–Crippen MR) is 83.8 cm³/mol. The number of halogens is 1. The van der Waals surface area contributed by atoms with Gasteiger partial charge >= 0.3 is 5.97 Å². The molecule has 0 heterocycles. The second-order valence-electron chi connectivity index (χ2n) is 4.80. The lowest BCUT2D eigenvalue weighted by molar-refractivity contribution is 0.0697. The fraction of sp³-hybridized carbons (Fsp3) is 0.467. The summed E-state index contributed by atoms with van der Waals surface area (Å²) in [6.45, 7) is 2.52. The molecule has 1 aromatic carbocycles. The van der Waals surface area contributed by atoms with E-state index >= 15 is 0 Å². The Bertz CT molecular complexity index is 504. The first-order chi connectivity index (χ1) is 9.97. The summed E-state index contributed by atoms with van der Waals surface area (Å²) >= 11 is 3.22. The SMILES string of the molecule is CCCCC(COC)NC(=O)c1cc(Br)cc(C(=O)O)c1. The van der Waals surface area contributed by atoms with Crippen LogP contribution in [0.3, 0.4) is 0 Å². The van der Waals surface area contributed by atoms with Crippen molar-refractivity contribution in [1.29, 1.82) is 0 Å². The van der Waals surface area contributed by atoms with Crippen LogP contribution in [0.1, 0.15) is 46.9 Å². The third-order valence-electron chi connectivity index (χ3n) is 3.02. The minimum atomic E-state index is -1.07. The Morgan fingerprint density at radius 1 is 1.33 bits per heavy atom. The van der Waals surface area contributed by atoms with Crippen molar-refractivity contribution in [3.63, 3.8) is 0 Å². The number of nitrogens with one attached hydrogen (secondary N) is 1. The molecule has 1 atom stereocenters. The molecule has 0 aromatic heterocycles. The van der Waals surface area contributed by atoms with E-state index in [0.29, 0.717) is 16.6 Å². The highest BCUT2D eigenvalue weighted by Gasteiger charge is 2.15. The molecular weight excluding hydrogens is 338 g/mol. The fourth-order valence-electron chi connectivity index (χ4n) is 1.96. The van der Waals surface area contributed by atoms with Crippen molar-refractivity contribution in [2.45, 2.75) is 32.2 Å². The van der Waals surface area contributed by atoms with E-state index in [9.17, 15) is 9.59 Å². The van der Waals surface area contributed by atoms with E-state index in [1.165, 1.54) is 12.1 Å². The number of aromatic carboxylic acids is 1. The lowest BCUT2D eigenvalue weighted by atomic mass is 10.1. The van der Waals surface area contributed by atoms with Crippen LogP contribution in [-0.2, 0) is 4.74 Å². The number of hydrogen-bond acceptors (Lipinski definition) is 3. The number of hydrogen-bond donors (Lipinski definition) is 2. The second kappa shape index (κ2) is 8.79. The molecule has 0 bridgehead atoms. The third-order valence-corrected chi connectivity index (χ3v) is 3.47. The van der Waals surface area contributed by atoms with Crippen LogP contribution in [-0.4, -0.2) is 36.7 Å².